The molecule has 0 spiro atoms. The number of amides is 1. The Kier molecular flexibility index (Phi) is 9.81. The summed E-state index contributed by atoms with van der Waals surface area (Å²) in [5, 5.41) is 7.34. The first-order valence-electron chi connectivity index (χ1n) is 12.4. The van der Waals surface area contributed by atoms with Gasteiger partial charge in [0.25, 0.3) is 0 Å². The maximum Gasteiger partial charge on any atom is 0.412 e. The SMILES string of the molecule is CCOC(=O)C(NC(=O)OC[N+]1(C)CCN(C2=Nc3ccccc3Nc3sc(C)cc32)CC1)C(C)C.[I-]. The number of ether oxygens (including phenoxy) is 2. The van der Waals surface area contributed by atoms with Crippen LogP contribution >= 0.6 is 11.3 Å². The molecule has 1 atom stereocenters. The lowest BCUT2D eigenvalue weighted by molar-refractivity contribution is -0.928. The highest BCUT2D eigenvalue weighted by atomic mass is 127. The molecule has 0 bridgehead atoms. The van der Waals surface area contributed by atoms with Crippen LogP contribution in [0.5, 0.6) is 0 Å². The van der Waals surface area contributed by atoms with Gasteiger partial charge in [-0.3, -0.25) is 4.48 Å². The summed E-state index contributed by atoms with van der Waals surface area (Å²) >= 11 is 1.74. The molecule has 2 aromatic rings. The molecule has 1 saturated heterocycles. The van der Waals surface area contributed by atoms with Crippen LogP contribution in [0.15, 0.2) is 35.3 Å². The molecule has 4 rings (SSSR count). The molecule has 0 radical (unpaired) electrons. The Bertz CT molecular complexity index is 1140. The fourth-order valence-corrected chi connectivity index (χ4v) is 5.31. The Hall–Kier alpha value is -2.38. The predicted molar refractivity (Wildman–Crippen MR) is 142 cm³/mol. The van der Waals surface area contributed by atoms with E-state index in [2.05, 4.69) is 41.6 Å². The molecule has 9 nitrogen and oxygen atoms in total. The first kappa shape index (κ1) is 29.2. The summed E-state index contributed by atoms with van der Waals surface area (Å²) in [5.41, 5.74) is 3.06. The highest BCUT2D eigenvalue weighted by Crippen LogP contribution is 2.39. The number of quaternary nitrogens is 1. The normalized spacial score (nSPS) is 16.7. The van der Waals surface area contributed by atoms with Crippen molar-refractivity contribution in [1.29, 1.82) is 0 Å². The first-order chi connectivity index (χ1) is 17.2. The third-order valence-electron chi connectivity index (χ3n) is 6.58. The third-order valence-corrected chi connectivity index (χ3v) is 7.55. The molecule has 2 aliphatic rings. The highest BCUT2D eigenvalue weighted by Gasteiger charge is 2.34. The minimum atomic E-state index is -0.729. The summed E-state index contributed by atoms with van der Waals surface area (Å²) in [6.07, 6.45) is -0.599. The number of para-hydroxylation sites is 2. The van der Waals surface area contributed by atoms with Gasteiger partial charge in [0.2, 0.25) is 6.73 Å². The van der Waals surface area contributed by atoms with Crippen LogP contribution in [0.25, 0.3) is 0 Å². The van der Waals surface area contributed by atoms with Gasteiger partial charge in [0.15, 0.2) is 0 Å². The van der Waals surface area contributed by atoms with Gasteiger partial charge in [-0.2, -0.15) is 0 Å². The average molecular weight is 642 g/mol. The molecule has 0 aliphatic carbocycles. The van der Waals surface area contributed by atoms with Crippen LogP contribution < -0.4 is 34.6 Å². The van der Waals surface area contributed by atoms with E-state index in [1.807, 2.05) is 32.0 Å². The molecule has 2 aliphatic heterocycles. The second-order valence-corrected chi connectivity index (χ2v) is 11.2. The van der Waals surface area contributed by atoms with Gasteiger partial charge in [-0.05, 0) is 38.0 Å². The molecule has 2 N–H and O–H groups in total. The number of carbonyl (C=O) groups excluding carboxylic acids is 2. The van der Waals surface area contributed by atoms with Gasteiger partial charge in [0, 0.05) is 4.88 Å². The molecule has 1 unspecified atom stereocenters. The predicted octanol–water partition coefficient (Wildman–Crippen LogP) is 1.23. The summed E-state index contributed by atoms with van der Waals surface area (Å²) in [6.45, 7) is 11.2. The highest BCUT2D eigenvalue weighted by molar-refractivity contribution is 7.16. The largest absolute Gasteiger partial charge is 1.00 e. The van der Waals surface area contributed by atoms with Gasteiger partial charge in [-0.15, -0.1) is 11.3 Å². The Morgan fingerprint density at radius 1 is 1.22 bits per heavy atom. The van der Waals surface area contributed by atoms with E-state index in [4.69, 9.17) is 14.5 Å². The van der Waals surface area contributed by atoms with E-state index in [1.165, 1.54) is 4.88 Å². The molecule has 1 aromatic heterocycles. The van der Waals surface area contributed by atoms with Gasteiger partial charge >= 0.3 is 12.1 Å². The number of esters is 1. The van der Waals surface area contributed by atoms with Crippen molar-refractivity contribution in [3.05, 3.63) is 40.8 Å². The molecular formula is C26H36IN5O4S. The lowest BCUT2D eigenvalue weighted by Gasteiger charge is -2.42. The number of aryl methyl sites for hydroxylation is 1. The summed E-state index contributed by atoms with van der Waals surface area (Å²) in [7, 11) is 2.09. The molecule has 3 heterocycles. The molecule has 0 saturated carbocycles. The number of hydrogen-bond donors (Lipinski definition) is 2. The molecule has 11 heteroatoms. The number of fused-ring (bicyclic) bond motifs is 2. The van der Waals surface area contributed by atoms with Gasteiger partial charge in [-0.1, -0.05) is 26.0 Å². The van der Waals surface area contributed by atoms with Crippen LogP contribution in [0.1, 0.15) is 31.2 Å². The Labute approximate surface area is 239 Å². The second-order valence-electron chi connectivity index (χ2n) is 9.91. The van der Waals surface area contributed by atoms with Crippen molar-refractivity contribution >= 4 is 45.6 Å². The van der Waals surface area contributed by atoms with Crippen molar-refractivity contribution in [3.63, 3.8) is 0 Å². The average Bonchev–Trinajstić information content (AvgIpc) is 3.13. The van der Waals surface area contributed by atoms with Crippen LogP contribution in [0.3, 0.4) is 0 Å². The molecule has 202 valence electrons. The monoisotopic (exact) mass is 641 g/mol. The summed E-state index contributed by atoms with van der Waals surface area (Å²) < 4.78 is 11.2. The summed E-state index contributed by atoms with van der Waals surface area (Å²) in [6, 6.07) is 9.57. The van der Waals surface area contributed by atoms with Crippen LogP contribution in [0.4, 0.5) is 21.2 Å². The lowest BCUT2D eigenvalue weighted by Crippen LogP contribution is -3.00. The van der Waals surface area contributed by atoms with Crippen molar-refractivity contribution in [2.45, 2.75) is 33.7 Å². The maximum atomic E-state index is 12.5. The van der Waals surface area contributed by atoms with Gasteiger partial charge < -0.3 is 49.0 Å². The van der Waals surface area contributed by atoms with Crippen LogP contribution in [-0.4, -0.2) is 79.9 Å². The molecule has 37 heavy (non-hydrogen) atoms. The number of piperazine rings is 1. The zero-order valence-electron chi connectivity index (χ0n) is 22.0. The number of benzene rings is 1. The van der Waals surface area contributed by atoms with Crippen molar-refractivity contribution in [2.24, 2.45) is 10.9 Å². The number of hydrogen-bond acceptors (Lipinski definition) is 8. The van der Waals surface area contributed by atoms with E-state index in [1.54, 1.807) is 18.3 Å². The first-order valence-corrected chi connectivity index (χ1v) is 13.2. The van der Waals surface area contributed by atoms with Crippen molar-refractivity contribution in [1.82, 2.24) is 10.2 Å². The molecule has 1 fully saturated rings. The van der Waals surface area contributed by atoms with Crippen molar-refractivity contribution in [3.8, 4) is 0 Å². The lowest BCUT2D eigenvalue weighted by atomic mass is 10.1. The van der Waals surface area contributed by atoms with E-state index in [0.29, 0.717) is 4.48 Å². The number of alkyl carbamates (subject to hydrolysis) is 1. The van der Waals surface area contributed by atoms with E-state index in [0.717, 1.165) is 54.0 Å². The van der Waals surface area contributed by atoms with Gasteiger partial charge in [-0.25, -0.2) is 14.6 Å². The zero-order chi connectivity index (χ0) is 25.9. The quantitative estimate of drug-likeness (QED) is 0.280. The number of amidine groups is 1. The van der Waals surface area contributed by atoms with Crippen LogP contribution in [0, 0.1) is 12.8 Å². The number of carbonyl (C=O) groups is 2. The smallest absolute Gasteiger partial charge is 0.412 e. The van der Waals surface area contributed by atoms with E-state index in [9.17, 15) is 9.59 Å². The zero-order valence-corrected chi connectivity index (χ0v) is 25.0. The third kappa shape index (κ3) is 6.94. The standard InChI is InChI=1S/C26H35N5O4S.HI/c1-6-34-25(32)22(17(2)3)29-26(33)35-16-31(5)13-11-30(12-14-31)23-19-15-18(4)36-24(19)28-21-10-8-7-9-20(21)27-23;/h7-10,15,17,22H,6,11-14,16H2,1-5H3,(H-,27,28,29,33);1H. The molecule has 1 amide bonds. The Morgan fingerprint density at radius 2 is 1.92 bits per heavy atom. The van der Waals surface area contributed by atoms with Crippen LogP contribution in [0.2, 0.25) is 0 Å². The number of nitrogens with zero attached hydrogens (tertiary/aromatic N) is 3. The van der Waals surface area contributed by atoms with Gasteiger partial charge in [0.1, 0.15) is 16.9 Å². The van der Waals surface area contributed by atoms with Crippen molar-refractivity contribution in [2.75, 3.05) is 51.9 Å². The second kappa shape index (κ2) is 12.4. The number of aliphatic imine (C=N–C) groups is 1. The number of anilines is 2. The Balaban J connectivity index is 0.00000380. The summed E-state index contributed by atoms with van der Waals surface area (Å²) in [4.78, 5) is 33.2. The summed E-state index contributed by atoms with van der Waals surface area (Å²) in [5.74, 6) is 0.433. The van der Waals surface area contributed by atoms with E-state index < -0.39 is 18.1 Å². The van der Waals surface area contributed by atoms with E-state index in [-0.39, 0.29) is 43.2 Å². The van der Waals surface area contributed by atoms with Crippen LogP contribution in [-0.2, 0) is 14.3 Å². The minimum Gasteiger partial charge on any atom is -1.00 e. The van der Waals surface area contributed by atoms with E-state index >= 15 is 0 Å². The Morgan fingerprint density at radius 3 is 2.59 bits per heavy atom. The van der Waals surface area contributed by atoms with Crippen molar-refractivity contribution < 1.29 is 47.5 Å². The topological polar surface area (TPSA) is 92.3 Å². The minimum absolute atomic E-state index is 0. The molecule has 1 aromatic carbocycles. The number of halogens is 1. The maximum absolute atomic E-state index is 12.5. The number of nitrogens with one attached hydrogen (secondary N) is 2. The number of rotatable bonds is 6. The fourth-order valence-electron chi connectivity index (χ4n) is 4.39. The molecular weight excluding hydrogens is 605 g/mol. The van der Waals surface area contributed by atoms with Gasteiger partial charge in [0.05, 0.1) is 56.8 Å². The number of thiophene rings is 1. The fraction of sp³-hybridized carbons (Fsp3) is 0.500. The number of likely N-dealkylation sites (N-methyl/N-ethyl adjacent to an activating group) is 1.